The molecule has 0 amide bonds. The van der Waals surface area contributed by atoms with Gasteiger partial charge in [-0.25, -0.2) is 4.98 Å². The fraction of sp³-hybridized carbons (Fsp3) is 0.400. The molecule has 1 aliphatic rings. The minimum Gasteiger partial charge on any atom is -0.244 e. The van der Waals surface area contributed by atoms with E-state index in [9.17, 15) is 8.42 Å². The van der Waals surface area contributed by atoms with E-state index >= 15 is 0 Å². The number of quaternary nitrogens is 1. The van der Waals surface area contributed by atoms with Crippen LogP contribution in [0.2, 0.25) is 5.15 Å². The molecule has 0 saturated carbocycles. The Morgan fingerprint density at radius 1 is 1.23 bits per heavy atom. The third kappa shape index (κ3) is 2.40. The average molecular weight is 341 g/mol. The van der Waals surface area contributed by atoms with Crippen LogP contribution in [0, 0.1) is 5.92 Å². The number of sulfonamides is 1. The Morgan fingerprint density at radius 3 is 2.59 bits per heavy atom. The molecule has 7 heteroatoms. The lowest BCUT2D eigenvalue weighted by Crippen LogP contribution is -2.61. The van der Waals surface area contributed by atoms with E-state index < -0.39 is 14.0 Å². The van der Waals surface area contributed by atoms with E-state index in [0.717, 1.165) is 12.8 Å². The first-order valence-corrected chi connectivity index (χ1v) is 9.11. The molecule has 118 valence electrons. The van der Waals surface area contributed by atoms with E-state index in [1.807, 2.05) is 0 Å². The van der Waals surface area contributed by atoms with Crippen LogP contribution >= 0.6 is 11.6 Å². The summed E-state index contributed by atoms with van der Waals surface area (Å²) in [4.78, 5) is 4.23. The molecule has 0 spiro atoms. The molecule has 2 heterocycles. The molecule has 2 aromatic rings. The van der Waals surface area contributed by atoms with Gasteiger partial charge in [-0.2, -0.15) is 14.3 Å². The molecular weight excluding hydrogens is 322 g/mol. The van der Waals surface area contributed by atoms with Gasteiger partial charge in [0, 0.05) is 29.8 Å². The summed E-state index contributed by atoms with van der Waals surface area (Å²) in [6.07, 6.45) is 3.13. The minimum absolute atomic E-state index is 0.228. The normalized spacial score (nSPS) is 26.2. The molecule has 0 aliphatic carbocycles. The molecule has 1 aliphatic heterocycles. The number of hydrogen-bond donors (Lipinski definition) is 1. The van der Waals surface area contributed by atoms with Gasteiger partial charge in [0.2, 0.25) is 0 Å². The number of hydrogen-bond acceptors (Lipinski definition) is 4. The molecule has 0 atom stereocenters. The lowest BCUT2D eigenvalue weighted by molar-refractivity contribution is -0.825. The monoisotopic (exact) mass is 340 g/mol. The summed E-state index contributed by atoms with van der Waals surface area (Å²) in [6.45, 7) is 2.98. The number of piperidine rings is 1. The topological polar surface area (TPSA) is 73.1 Å². The summed E-state index contributed by atoms with van der Waals surface area (Å²) in [5.41, 5.74) is 0. The van der Waals surface area contributed by atoms with Gasteiger partial charge in [0.15, 0.2) is 0 Å². The molecule has 0 unspecified atom stereocenters. The number of rotatable bonds is 2. The van der Waals surface area contributed by atoms with Gasteiger partial charge >= 0.3 is 10.0 Å². The van der Waals surface area contributed by atoms with Crippen LogP contribution in [0.5, 0.6) is 0 Å². The van der Waals surface area contributed by atoms with Crippen molar-refractivity contribution in [3.63, 3.8) is 0 Å². The first-order chi connectivity index (χ1) is 10.3. The smallest absolute Gasteiger partial charge is 0.244 e. The fourth-order valence-corrected chi connectivity index (χ4v) is 4.95. The van der Waals surface area contributed by atoms with E-state index in [1.54, 1.807) is 24.3 Å². The van der Waals surface area contributed by atoms with Crippen molar-refractivity contribution >= 4 is 32.4 Å². The van der Waals surface area contributed by atoms with Crippen molar-refractivity contribution in [2.45, 2.75) is 24.7 Å². The zero-order chi connectivity index (χ0) is 16.0. The fourth-order valence-electron chi connectivity index (χ4n) is 2.94. The minimum atomic E-state index is -3.70. The molecule has 1 saturated heterocycles. The molecule has 1 fully saturated rings. The van der Waals surface area contributed by atoms with Crippen molar-refractivity contribution < 1.29 is 12.4 Å². The third-order valence-electron chi connectivity index (χ3n) is 4.47. The van der Waals surface area contributed by atoms with E-state index in [2.05, 4.69) is 11.9 Å². The van der Waals surface area contributed by atoms with Crippen LogP contribution in [0.1, 0.15) is 19.8 Å². The lowest BCUT2D eigenvalue weighted by atomic mass is 10.0. The van der Waals surface area contributed by atoms with E-state index in [-0.39, 0.29) is 4.90 Å². The van der Waals surface area contributed by atoms with Gasteiger partial charge in [-0.15, -0.1) is 4.00 Å². The summed E-state index contributed by atoms with van der Waals surface area (Å²) in [7, 11) is -3.70. The second kappa shape index (κ2) is 5.45. The Kier molecular flexibility index (Phi) is 3.89. The van der Waals surface area contributed by atoms with Crippen LogP contribution < -0.4 is 5.84 Å². The van der Waals surface area contributed by atoms with Crippen molar-refractivity contribution in [3.8, 4) is 0 Å². The zero-order valence-electron chi connectivity index (χ0n) is 12.4. The maximum absolute atomic E-state index is 13.1. The second-order valence-electron chi connectivity index (χ2n) is 6.01. The Bertz CT molecular complexity index is 815. The number of fused-ring (bicyclic) bond motifs is 1. The number of halogens is 1. The van der Waals surface area contributed by atoms with Crippen molar-refractivity contribution in [1.29, 1.82) is 0 Å². The molecule has 0 radical (unpaired) electrons. The highest BCUT2D eigenvalue weighted by Crippen LogP contribution is 2.33. The zero-order valence-corrected chi connectivity index (χ0v) is 13.9. The summed E-state index contributed by atoms with van der Waals surface area (Å²) in [5, 5.41) is 1.50. The van der Waals surface area contributed by atoms with Gasteiger partial charge in [-0.1, -0.05) is 30.7 Å². The Labute approximate surface area is 135 Å². The first-order valence-electron chi connectivity index (χ1n) is 7.29. The summed E-state index contributed by atoms with van der Waals surface area (Å²) < 4.78 is 25.8. The molecule has 0 bridgehead atoms. The molecule has 2 N–H and O–H groups in total. The highest BCUT2D eigenvalue weighted by molar-refractivity contribution is 7.86. The highest BCUT2D eigenvalue weighted by atomic mass is 35.5. The largest absolute Gasteiger partial charge is 0.345 e. The third-order valence-corrected chi connectivity index (χ3v) is 7.01. The highest BCUT2D eigenvalue weighted by Gasteiger charge is 2.43. The molecule has 1 aromatic carbocycles. The summed E-state index contributed by atoms with van der Waals surface area (Å²) >= 11 is 6.08. The SMILES string of the molecule is CC1CC[N+](N)(S(=O)(=O)c2cccc3c(Cl)nccc23)CC1. The molecule has 3 rings (SSSR count). The quantitative estimate of drug-likeness (QED) is 0.518. The van der Waals surface area contributed by atoms with Crippen LogP contribution in [0.4, 0.5) is 0 Å². The van der Waals surface area contributed by atoms with Crippen molar-refractivity contribution in [2.75, 3.05) is 13.1 Å². The van der Waals surface area contributed by atoms with Gasteiger partial charge in [-0.3, -0.25) is 0 Å². The molecule has 22 heavy (non-hydrogen) atoms. The standard InChI is InChI=1S/C15H19ClN3O2S/c1-11-6-9-19(17,10-7-11)22(20,21)14-4-2-3-13-12(14)5-8-18-15(13)16/h2-5,8,11H,6-7,9-10,17H2,1H3/q+1. The van der Waals surface area contributed by atoms with E-state index in [0.29, 0.717) is 34.9 Å². The predicted molar refractivity (Wildman–Crippen MR) is 86.5 cm³/mol. The number of aromatic nitrogens is 1. The number of pyridine rings is 1. The summed E-state index contributed by atoms with van der Waals surface area (Å²) in [6, 6.07) is 6.72. The Balaban J connectivity index is 2.16. The van der Waals surface area contributed by atoms with Gasteiger partial charge in [0.25, 0.3) is 0 Å². The van der Waals surface area contributed by atoms with E-state index in [4.69, 9.17) is 17.4 Å². The van der Waals surface area contributed by atoms with E-state index in [1.165, 1.54) is 6.20 Å². The molecular formula is C15H19ClN3O2S+. The maximum atomic E-state index is 13.1. The van der Waals surface area contributed by atoms with Crippen LogP contribution in [0.3, 0.4) is 0 Å². The summed E-state index contributed by atoms with van der Waals surface area (Å²) in [5.74, 6) is 6.77. The van der Waals surface area contributed by atoms with Crippen molar-refractivity contribution in [3.05, 3.63) is 35.6 Å². The second-order valence-corrected chi connectivity index (χ2v) is 8.49. The average Bonchev–Trinajstić information content (AvgIpc) is 2.50. The van der Waals surface area contributed by atoms with Crippen LogP contribution in [0.25, 0.3) is 10.8 Å². The Hall–Kier alpha value is -1.21. The van der Waals surface area contributed by atoms with Gasteiger partial charge in [0.1, 0.15) is 23.1 Å². The first kappa shape index (κ1) is 15.7. The van der Waals surface area contributed by atoms with Crippen LogP contribution in [-0.4, -0.2) is 30.5 Å². The van der Waals surface area contributed by atoms with Crippen molar-refractivity contribution in [2.24, 2.45) is 11.8 Å². The van der Waals surface area contributed by atoms with Crippen molar-refractivity contribution in [1.82, 2.24) is 4.98 Å². The van der Waals surface area contributed by atoms with Crippen LogP contribution in [-0.2, 0) is 10.0 Å². The Morgan fingerprint density at radius 2 is 1.91 bits per heavy atom. The number of benzene rings is 1. The predicted octanol–water partition coefficient (Wildman–Crippen LogP) is 2.70. The maximum Gasteiger partial charge on any atom is 0.345 e. The van der Waals surface area contributed by atoms with Gasteiger partial charge in [-0.05, 0) is 18.1 Å². The molecule has 1 aromatic heterocycles. The number of nitrogens with two attached hydrogens (primary N) is 1. The van der Waals surface area contributed by atoms with Gasteiger partial charge in [0.05, 0.1) is 0 Å². The number of nitrogens with zero attached hydrogens (tertiary/aromatic N) is 2. The lowest BCUT2D eigenvalue weighted by Gasteiger charge is -2.36. The van der Waals surface area contributed by atoms with Crippen LogP contribution in [0.15, 0.2) is 35.4 Å². The molecule has 5 nitrogen and oxygen atoms in total. The van der Waals surface area contributed by atoms with Gasteiger partial charge < -0.3 is 0 Å².